The van der Waals surface area contributed by atoms with Crippen molar-refractivity contribution < 1.29 is 19.5 Å². The average molecular weight is 423 g/mol. The minimum atomic E-state index is -0.992. The van der Waals surface area contributed by atoms with E-state index in [1.165, 1.54) is 0 Å². The van der Waals surface area contributed by atoms with E-state index in [0.717, 1.165) is 37.7 Å². The van der Waals surface area contributed by atoms with Gasteiger partial charge in [-0.2, -0.15) is 0 Å². The lowest BCUT2D eigenvalue weighted by Crippen LogP contribution is -2.47. The van der Waals surface area contributed by atoms with Gasteiger partial charge in [0.1, 0.15) is 11.9 Å². The Morgan fingerprint density at radius 2 is 1.97 bits per heavy atom. The minimum absolute atomic E-state index is 0.00902. The molecule has 10 heteroatoms. The predicted molar refractivity (Wildman–Crippen MR) is 113 cm³/mol. The fourth-order valence-corrected chi connectivity index (χ4v) is 4.10. The summed E-state index contributed by atoms with van der Waals surface area (Å²) in [6.45, 7) is 0.857. The summed E-state index contributed by atoms with van der Waals surface area (Å²) in [4.78, 5) is 35.8. The lowest BCUT2D eigenvalue weighted by Gasteiger charge is -2.28. The highest BCUT2D eigenvalue weighted by atomic mass is 16.4. The van der Waals surface area contributed by atoms with Crippen molar-refractivity contribution in [3.63, 3.8) is 0 Å². The van der Waals surface area contributed by atoms with Gasteiger partial charge in [-0.3, -0.25) is 15.0 Å². The van der Waals surface area contributed by atoms with Crippen LogP contribution < -0.4 is 27.4 Å². The van der Waals surface area contributed by atoms with E-state index >= 15 is 0 Å². The number of amides is 2. The van der Waals surface area contributed by atoms with Crippen LogP contribution in [0, 0.1) is 11.3 Å². The third-order valence-electron chi connectivity index (χ3n) is 5.74. The first-order chi connectivity index (χ1) is 14.3. The maximum absolute atomic E-state index is 12.2. The summed E-state index contributed by atoms with van der Waals surface area (Å²) < 4.78 is 0. The molecule has 1 fully saturated rings. The molecule has 0 aromatic heterocycles. The van der Waals surface area contributed by atoms with E-state index in [1.54, 1.807) is 0 Å². The van der Waals surface area contributed by atoms with Gasteiger partial charge in [0.25, 0.3) is 0 Å². The predicted octanol–water partition coefficient (Wildman–Crippen LogP) is -0.416. The first-order valence-electron chi connectivity index (χ1n) is 10.6. The molecule has 3 atom stereocenters. The number of amidine groups is 1. The van der Waals surface area contributed by atoms with Crippen LogP contribution >= 0.6 is 0 Å². The van der Waals surface area contributed by atoms with Crippen molar-refractivity contribution in [3.8, 4) is 0 Å². The zero-order valence-corrected chi connectivity index (χ0v) is 17.3. The fraction of sp³-hybridized carbons (Fsp3) is 0.700. The van der Waals surface area contributed by atoms with E-state index in [9.17, 15) is 19.5 Å². The molecule has 168 valence electrons. The summed E-state index contributed by atoms with van der Waals surface area (Å²) >= 11 is 0. The largest absolute Gasteiger partial charge is 0.480 e. The van der Waals surface area contributed by atoms with Gasteiger partial charge in [0.05, 0.1) is 12.1 Å². The molecule has 1 heterocycles. The summed E-state index contributed by atoms with van der Waals surface area (Å²) in [5, 5.41) is 25.4. The Balaban J connectivity index is 1.68. The molecule has 10 nitrogen and oxygen atoms in total. The van der Waals surface area contributed by atoms with Crippen LogP contribution in [0.5, 0.6) is 0 Å². The summed E-state index contributed by atoms with van der Waals surface area (Å²) in [5.74, 6) is -1.68. The average Bonchev–Trinajstić information content (AvgIpc) is 3.18. The molecule has 9 N–H and O–H groups in total. The standard InChI is InChI=1S/C20H34N6O4/c21-14(11-13-8-10-24-16(13)18(22)23)19(28)25-9-4-7-15(27)26-17(20(29)30)12-5-2-1-3-6-12/h8,12,14,16-17,24H,1-7,9-11,21H2,(H3,22,23)(H,25,28)(H,26,27)(H,29,30). The normalized spacial score (nSPS) is 21.4. The third-order valence-corrected chi connectivity index (χ3v) is 5.74. The number of carbonyl (C=O) groups is 3. The number of aliphatic carboxylic acids is 1. The van der Waals surface area contributed by atoms with E-state index in [2.05, 4.69) is 16.0 Å². The SMILES string of the molecule is N=C(N)C1NCC=C1CC(N)C(=O)NCCCC(=O)NC(C(=O)O)C1CCCCC1. The Hall–Kier alpha value is -2.46. The van der Waals surface area contributed by atoms with Crippen LogP contribution in [0.15, 0.2) is 11.6 Å². The number of nitrogens with one attached hydrogen (secondary N) is 4. The molecule has 1 aliphatic carbocycles. The van der Waals surface area contributed by atoms with E-state index in [4.69, 9.17) is 16.9 Å². The van der Waals surface area contributed by atoms with Crippen molar-refractivity contribution >= 4 is 23.6 Å². The molecule has 0 saturated heterocycles. The molecule has 3 unspecified atom stereocenters. The number of nitrogens with two attached hydrogens (primary N) is 2. The summed E-state index contributed by atoms with van der Waals surface area (Å²) in [7, 11) is 0. The highest BCUT2D eigenvalue weighted by Crippen LogP contribution is 2.26. The van der Waals surface area contributed by atoms with Crippen molar-refractivity contribution in [2.24, 2.45) is 17.4 Å². The fourth-order valence-electron chi connectivity index (χ4n) is 4.10. The maximum Gasteiger partial charge on any atom is 0.326 e. The summed E-state index contributed by atoms with van der Waals surface area (Å²) in [5.41, 5.74) is 12.3. The number of hydrogen-bond acceptors (Lipinski definition) is 6. The zero-order chi connectivity index (χ0) is 22.1. The van der Waals surface area contributed by atoms with E-state index < -0.39 is 18.1 Å². The molecule has 2 amide bonds. The van der Waals surface area contributed by atoms with Crippen molar-refractivity contribution in [2.45, 2.75) is 69.5 Å². The van der Waals surface area contributed by atoms with Gasteiger partial charge >= 0.3 is 5.97 Å². The van der Waals surface area contributed by atoms with Crippen molar-refractivity contribution in [2.75, 3.05) is 13.1 Å². The number of hydrogen-bond donors (Lipinski definition) is 7. The van der Waals surface area contributed by atoms with Crippen molar-refractivity contribution in [1.29, 1.82) is 5.41 Å². The van der Waals surface area contributed by atoms with Crippen LogP contribution in [0.4, 0.5) is 0 Å². The van der Waals surface area contributed by atoms with Crippen LogP contribution in [-0.4, -0.2) is 59.9 Å². The van der Waals surface area contributed by atoms with Crippen LogP contribution in [-0.2, 0) is 14.4 Å². The van der Waals surface area contributed by atoms with Gasteiger partial charge in [-0.25, -0.2) is 4.79 Å². The van der Waals surface area contributed by atoms with E-state index in [-0.39, 0.29) is 42.6 Å². The van der Waals surface area contributed by atoms with Gasteiger partial charge in [0.2, 0.25) is 11.8 Å². The Morgan fingerprint density at radius 3 is 2.60 bits per heavy atom. The molecule has 0 aromatic carbocycles. The highest BCUT2D eigenvalue weighted by Gasteiger charge is 2.30. The molecule has 1 saturated carbocycles. The Morgan fingerprint density at radius 1 is 1.27 bits per heavy atom. The van der Waals surface area contributed by atoms with Crippen molar-refractivity contribution in [3.05, 3.63) is 11.6 Å². The lowest BCUT2D eigenvalue weighted by molar-refractivity contribution is -0.143. The summed E-state index contributed by atoms with van der Waals surface area (Å²) in [6.07, 6.45) is 7.45. The Labute approximate surface area is 176 Å². The lowest BCUT2D eigenvalue weighted by atomic mass is 9.84. The molecule has 0 spiro atoms. The smallest absolute Gasteiger partial charge is 0.326 e. The molecular formula is C20H34N6O4. The summed E-state index contributed by atoms with van der Waals surface area (Å²) in [6, 6.07) is -1.99. The Bertz CT molecular complexity index is 674. The van der Waals surface area contributed by atoms with Crippen LogP contribution in [0.2, 0.25) is 0 Å². The quantitative estimate of drug-likeness (QED) is 0.102. The molecular weight excluding hydrogens is 388 g/mol. The molecule has 30 heavy (non-hydrogen) atoms. The molecule has 0 radical (unpaired) electrons. The van der Waals surface area contributed by atoms with Crippen LogP contribution in [0.25, 0.3) is 0 Å². The van der Waals surface area contributed by atoms with Gasteiger partial charge < -0.3 is 32.5 Å². The van der Waals surface area contributed by atoms with Crippen LogP contribution in [0.3, 0.4) is 0 Å². The minimum Gasteiger partial charge on any atom is -0.480 e. The molecule has 0 aromatic rings. The van der Waals surface area contributed by atoms with E-state index in [1.807, 2.05) is 6.08 Å². The molecule has 2 aliphatic rings. The molecule has 1 aliphatic heterocycles. The van der Waals surface area contributed by atoms with Crippen molar-refractivity contribution in [1.82, 2.24) is 16.0 Å². The number of rotatable bonds is 11. The Kier molecular flexibility index (Phi) is 9.25. The topological polar surface area (TPSA) is 183 Å². The maximum atomic E-state index is 12.2. The highest BCUT2D eigenvalue weighted by molar-refractivity contribution is 5.87. The zero-order valence-electron chi connectivity index (χ0n) is 17.3. The van der Waals surface area contributed by atoms with Gasteiger partial charge in [0.15, 0.2) is 0 Å². The monoisotopic (exact) mass is 422 g/mol. The molecule has 0 bridgehead atoms. The molecule has 2 rings (SSSR count). The second-order valence-electron chi connectivity index (χ2n) is 8.06. The second kappa shape index (κ2) is 11.7. The second-order valence-corrected chi connectivity index (χ2v) is 8.06. The third kappa shape index (κ3) is 7.10. The first-order valence-corrected chi connectivity index (χ1v) is 10.6. The first kappa shape index (κ1) is 23.8. The van der Waals surface area contributed by atoms with Gasteiger partial charge in [-0.05, 0) is 37.2 Å². The number of carboxylic acids is 1. The number of carboxylic acid groups (broad SMARTS) is 1. The van der Waals surface area contributed by atoms with Gasteiger partial charge in [0, 0.05) is 19.5 Å². The van der Waals surface area contributed by atoms with Gasteiger partial charge in [-0.15, -0.1) is 0 Å². The van der Waals surface area contributed by atoms with Gasteiger partial charge in [-0.1, -0.05) is 25.3 Å². The van der Waals surface area contributed by atoms with Crippen LogP contribution in [0.1, 0.15) is 51.4 Å². The van der Waals surface area contributed by atoms with E-state index in [0.29, 0.717) is 19.4 Å². The number of carbonyl (C=O) groups excluding carboxylic acids is 2.